The molecule has 1 amide bonds. The fraction of sp³-hybridized carbons (Fsp3) is 0.364. The fourth-order valence-corrected chi connectivity index (χ4v) is 4.36. The fourth-order valence-electron chi connectivity index (χ4n) is 4.36. The Bertz CT molecular complexity index is 1410. The van der Waals surface area contributed by atoms with Gasteiger partial charge >= 0.3 is 0 Å². The highest BCUT2D eigenvalue weighted by atomic mass is 19.3. The van der Waals surface area contributed by atoms with Gasteiger partial charge in [-0.3, -0.25) is 4.79 Å². The van der Waals surface area contributed by atoms with E-state index in [4.69, 9.17) is 4.98 Å². The summed E-state index contributed by atoms with van der Waals surface area (Å²) in [6.07, 6.45) is 5.26. The highest BCUT2D eigenvalue weighted by molar-refractivity contribution is 6.01. The molecule has 6 rings (SSSR count). The lowest BCUT2D eigenvalue weighted by atomic mass is 9.89. The maximum atomic E-state index is 13.9. The van der Waals surface area contributed by atoms with Gasteiger partial charge in [-0.1, -0.05) is 0 Å². The van der Waals surface area contributed by atoms with Crippen molar-refractivity contribution in [3.05, 3.63) is 42.4 Å². The average Bonchev–Trinajstić information content (AvgIpc) is 3.16. The zero-order valence-electron chi connectivity index (χ0n) is 17.7. The van der Waals surface area contributed by atoms with Crippen molar-refractivity contribution in [1.29, 1.82) is 0 Å². The molecule has 2 saturated carbocycles. The second-order valence-electron chi connectivity index (χ2n) is 8.60. The van der Waals surface area contributed by atoms with Gasteiger partial charge in [-0.15, -0.1) is 0 Å². The van der Waals surface area contributed by atoms with E-state index in [-0.39, 0.29) is 23.9 Å². The molecule has 170 valence electrons. The van der Waals surface area contributed by atoms with Gasteiger partial charge in [-0.25, -0.2) is 18.7 Å². The predicted octanol–water partition coefficient (Wildman–Crippen LogP) is 2.62. The van der Waals surface area contributed by atoms with E-state index in [2.05, 4.69) is 20.7 Å². The van der Waals surface area contributed by atoms with E-state index in [0.29, 0.717) is 46.6 Å². The lowest BCUT2D eigenvalue weighted by molar-refractivity contribution is 0.0448. The summed E-state index contributed by atoms with van der Waals surface area (Å²) in [5.74, 6) is -2.54. The molecule has 4 aromatic rings. The molecule has 0 aliphatic heterocycles. The van der Waals surface area contributed by atoms with Crippen molar-refractivity contribution in [1.82, 2.24) is 29.5 Å². The SMILES string of the molecule is CNc1cc(-c2cn([C@@H]3CC3(F)F)c3ncccc23)nc2c(C(=O)N[C@H]3CC[C@H]3O)cnn12. The standard InChI is InChI=1S/C22H21F2N7O2/c1-25-18-7-15(13-10-30(17-8-22(17,23)24)19-11(13)3-2-6-26-19)28-20-12(9-27-31(18)20)21(33)29-14-4-5-16(14)32/h2-3,6-7,9-10,14,16-17,25,32H,4-5,8H2,1H3,(H,29,33)/t14-,16+,17+/m0/s1. The summed E-state index contributed by atoms with van der Waals surface area (Å²) in [5.41, 5.74) is 2.20. The number of halogens is 2. The van der Waals surface area contributed by atoms with E-state index >= 15 is 0 Å². The topological polar surface area (TPSA) is 109 Å². The van der Waals surface area contributed by atoms with Gasteiger partial charge in [0.15, 0.2) is 5.65 Å². The van der Waals surface area contributed by atoms with E-state index in [1.54, 1.807) is 31.6 Å². The third kappa shape index (κ3) is 3.06. The number of carbonyl (C=O) groups excluding carboxylic acids is 1. The summed E-state index contributed by atoms with van der Waals surface area (Å²) in [5, 5.41) is 20.7. The summed E-state index contributed by atoms with van der Waals surface area (Å²) in [6.45, 7) is 0. The Hall–Kier alpha value is -3.60. The Morgan fingerprint density at radius 1 is 1.30 bits per heavy atom. The minimum absolute atomic E-state index is 0.221. The number of rotatable bonds is 5. The van der Waals surface area contributed by atoms with Gasteiger partial charge in [0, 0.05) is 42.9 Å². The van der Waals surface area contributed by atoms with Gasteiger partial charge in [0.25, 0.3) is 11.8 Å². The molecule has 2 aliphatic carbocycles. The highest BCUT2D eigenvalue weighted by Gasteiger charge is 2.58. The summed E-state index contributed by atoms with van der Waals surface area (Å²) >= 11 is 0. The summed E-state index contributed by atoms with van der Waals surface area (Å²) in [4.78, 5) is 21.9. The van der Waals surface area contributed by atoms with Gasteiger partial charge in [-0.2, -0.15) is 9.61 Å². The second-order valence-corrected chi connectivity index (χ2v) is 8.60. The molecule has 3 N–H and O–H groups in total. The summed E-state index contributed by atoms with van der Waals surface area (Å²) in [7, 11) is 1.72. The third-order valence-electron chi connectivity index (χ3n) is 6.52. The van der Waals surface area contributed by atoms with E-state index in [9.17, 15) is 18.7 Å². The zero-order chi connectivity index (χ0) is 22.9. The lowest BCUT2D eigenvalue weighted by Gasteiger charge is -2.32. The second kappa shape index (κ2) is 6.95. The number of amides is 1. The molecule has 0 radical (unpaired) electrons. The van der Waals surface area contributed by atoms with Crippen LogP contribution in [0.1, 0.15) is 35.7 Å². The van der Waals surface area contributed by atoms with Crippen molar-refractivity contribution < 1.29 is 18.7 Å². The summed E-state index contributed by atoms with van der Waals surface area (Å²) in [6, 6.07) is 4.11. The third-order valence-corrected chi connectivity index (χ3v) is 6.52. The Kier molecular flexibility index (Phi) is 4.22. The van der Waals surface area contributed by atoms with E-state index in [1.807, 2.05) is 6.07 Å². The first-order valence-corrected chi connectivity index (χ1v) is 10.8. The van der Waals surface area contributed by atoms with Crippen LogP contribution in [0.5, 0.6) is 0 Å². The number of anilines is 1. The molecule has 0 aromatic carbocycles. The number of nitrogens with zero attached hydrogens (tertiary/aromatic N) is 5. The minimum Gasteiger partial charge on any atom is -0.391 e. The van der Waals surface area contributed by atoms with Crippen LogP contribution < -0.4 is 10.6 Å². The number of aliphatic hydroxyl groups excluding tert-OH is 1. The maximum Gasteiger partial charge on any atom is 0.270 e. The van der Waals surface area contributed by atoms with Crippen molar-refractivity contribution in [2.45, 2.75) is 43.4 Å². The van der Waals surface area contributed by atoms with Gasteiger partial charge < -0.3 is 20.3 Å². The normalized spacial score (nSPS) is 23.5. The molecule has 0 spiro atoms. The van der Waals surface area contributed by atoms with Crippen molar-refractivity contribution in [3.63, 3.8) is 0 Å². The van der Waals surface area contributed by atoms with Gasteiger partial charge in [-0.05, 0) is 25.0 Å². The first kappa shape index (κ1) is 20.0. The zero-order valence-corrected chi connectivity index (χ0v) is 17.7. The van der Waals surface area contributed by atoms with Crippen molar-refractivity contribution in [2.24, 2.45) is 0 Å². The van der Waals surface area contributed by atoms with E-state index in [0.717, 1.165) is 0 Å². The Balaban J connectivity index is 1.48. The molecule has 4 heterocycles. The molecule has 33 heavy (non-hydrogen) atoms. The number of hydrogen-bond acceptors (Lipinski definition) is 6. The van der Waals surface area contributed by atoms with Crippen molar-refractivity contribution in [2.75, 3.05) is 12.4 Å². The molecule has 0 saturated heterocycles. The molecular formula is C22H21F2N7O2. The first-order valence-electron chi connectivity index (χ1n) is 10.8. The van der Waals surface area contributed by atoms with Crippen LogP contribution in [0.15, 0.2) is 36.8 Å². The quantitative estimate of drug-likeness (QED) is 0.429. The van der Waals surface area contributed by atoms with Crippen LogP contribution in [-0.4, -0.2) is 60.3 Å². The van der Waals surface area contributed by atoms with Gasteiger partial charge in [0.2, 0.25) is 0 Å². The Morgan fingerprint density at radius 3 is 2.79 bits per heavy atom. The van der Waals surface area contributed by atoms with Crippen LogP contribution in [-0.2, 0) is 0 Å². The summed E-state index contributed by atoms with van der Waals surface area (Å²) < 4.78 is 30.8. The van der Waals surface area contributed by atoms with Crippen molar-refractivity contribution >= 4 is 28.4 Å². The number of alkyl halides is 2. The molecular weight excluding hydrogens is 432 g/mol. The van der Waals surface area contributed by atoms with Crippen LogP contribution in [0, 0.1) is 0 Å². The van der Waals surface area contributed by atoms with E-state index in [1.165, 1.54) is 15.3 Å². The highest BCUT2D eigenvalue weighted by Crippen LogP contribution is 2.54. The largest absolute Gasteiger partial charge is 0.391 e. The van der Waals surface area contributed by atoms with Crippen LogP contribution in [0.3, 0.4) is 0 Å². The number of carbonyl (C=O) groups is 1. The number of pyridine rings is 1. The molecule has 4 aromatic heterocycles. The average molecular weight is 453 g/mol. The van der Waals surface area contributed by atoms with Crippen molar-refractivity contribution in [3.8, 4) is 11.3 Å². The molecule has 3 atom stereocenters. The molecule has 11 heteroatoms. The maximum absolute atomic E-state index is 13.9. The lowest BCUT2D eigenvalue weighted by Crippen LogP contribution is -2.50. The number of fused-ring (bicyclic) bond motifs is 2. The first-order chi connectivity index (χ1) is 15.9. The van der Waals surface area contributed by atoms with Gasteiger partial charge in [0.05, 0.1) is 24.0 Å². The van der Waals surface area contributed by atoms with Crippen LogP contribution >= 0.6 is 0 Å². The predicted molar refractivity (Wildman–Crippen MR) is 116 cm³/mol. The Labute approximate surface area is 186 Å². The van der Waals surface area contributed by atoms with Crippen LogP contribution in [0.2, 0.25) is 0 Å². The van der Waals surface area contributed by atoms with Gasteiger partial charge in [0.1, 0.15) is 23.1 Å². The number of aliphatic hydroxyl groups is 1. The molecule has 2 fully saturated rings. The monoisotopic (exact) mass is 453 g/mol. The number of aromatic nitrogens is 5. The minimum atomic E-state index is -2.75. The molecule has 0 bridgehead atoms. The smallest absolute Gasteiger partial charge is 0.270 e. The van der Waals surface area contributed by atoms with Crippen LogP contribution in [0.4, 0.5) is 14.6 Å². The Morgan fingerprint density at radius 2 is 2.12 bits per heavy atom. The molecule has 2 aliphatic rings. The molecule has 9 nitrogen and oxygen atoms in total. The van der Waals surface area contributed by atoms with Crippen LogP contribution in [0.25, 0.3) is 27.9 Å². The van der Waals surface area contributed by atoms with E-state index < -0.39 is 18.1 Å². The molecule has 0 unspecified atom stereocenters. The number of hydrogen-bond donors (Lipinski definition) is 3. The number of nitrogens with one attached hydrogen (secondary N) is 2.